The summed E-state index contributed by atoms with van der Waals surface area (Å²) < 4.78 is 4.77. The second-order valence-corrected chi connectivity index (χ2v) is 3.32. The first-order chi connectivity index (χ1) is 8.47. The minimum Gasteiger partial charge on any atom is -0.480 e. The maximum atomic E-state index is 11.2. The summed E-state index contributed by atoms with van der Waals surface area (Å²) in [6.07, 6.45) is -0.0824. The van der Waals surface area contributed by atoms with Gasteiger partial charge in [0.15, 0.2) is 0 Å². The van der Waals surface area contributed by atoms with Crippen molar-refractivity contribution in [1.29, 1.82) is 0 Å². The number of hydrogen-bond donors (Lipinski definition) is 5. The van der Waals surface area contributed by atoms with Gasteiger partial charge < -0.3 is 31.3 Å². The van der Waals surface area contributed by atoms with E-state index in [0.717, 1.165) is 0 Å². The first-order valence-corrected chi connectivity index (χ1v) is 5.21. The summed E-state index contributed by atoms with van der Waals surface area (Å²) in [5.41, 5.74) is 4.81. The van der Waals surface area contributed by atoms with Crippen LogP contribution in [0.1, 0.15) is 6.42 Å². The molecule has 9 heteroatoms. The molecule has 0 aliphatic heterocycles. The standard InChI is InChI=1S/C9H17N3O6/c10-7(14)5-18-4-2-11-9(17)12-6(1-3-13)8(15)16/h6,13H,1-5H2,(H2,10,14)(H,15,16)(H2,11,12,17)/t6-/m1/s1. The van der Waals surface area contributed by atoms with Gasteiger partial charge >= 0.3 is 12.0 Å². The number of nitrogens with two attached hydrogens (primary N) is 1. The van der Waals surface area contributed by atoms with E-state index in [-0.39, 0.29) is 32.8 Å². The second kappa shape index (κ2) is 9.19. The van der Waals surface area contributed by atoms with Crippen molar-refractivity contribution in [3.8, 4) is 0 Å². The van der Waals surface area contributed by atoms with Crippen LogP contribution in [0.5, 0.6) is 0 Å². The Morgan fingerprint density at radius 3 is 2.50 bits per heavy atom. The number of carboxylic acids is 1. The summed E-state index contributed by atoms with van der Waals surface area (Å²) in [5, 5.41) is 21.8. The highest BCUT2D eigenvalue weighted by molar-refractivity contribution is 5.82. The lowest BCUT2D eigenvalue weighted by Crippen LogP contribution is -2.47. The van der Waals surface area contributed by atoms with Crippen LogP contribution in [0, 0.1) is 0 Å². The van der Waals surface area contributed by atoms with E-state index in [9.17, 15) is 14.4 Å². The molecule has 0 aliphatic carbocycles. The minimum atomic E-state index is -1.23. The van der Waals surface area contributed by atoms with Gasteiger partial charge in [0.2, 0.25) is 5.91 Å². The largest absolute Gasteiger partial charge is 0.480 e. The molecular formula is C9H17N3O6. The zero-order chi connectivity index (χ0) is 14.0. The number of aliphatic hydroxyl groups is 1. The molecule has 0 unspecified atom stereocenters. The molecule has 0 saturated heterocycles. The van der Waals surface area contributed by atoms with Gasteiger partial charge in [-0.2, -0.15) is 0 Å². The monoisotopic (exact) mass is 263 g/mol. The van der Waals surface area contributed by atoms with Gasteiger partial charge in [0.05, 0.1) is 6.61 Å². The van der Waals surface area contributed by atoms with Crippen LogP contribution in [-0.4, -0.2) is 60.5 Å². The lowest BCUT2D eigenvalue weighted by atomic mass is 10.2. The summed E-state index contributed by atoms with van der Waals surface area (Å²) in [5.74, 6) is -1.85. The van der Waals surface area contributed by atoms with Gasteiger partial charge in [0.25, 0.3) is 0 Å². The molecule has 6 N–H and O–H groups in total. The molecule has 0 aromatic heterocycles. The van der Waals surface area contributed by atoms with Crippen LogP contribution in [0.25, 0.3) is 0 Å². The zero-order valence-corrected chi connectivity index (χ0v) is 9.72. The van der Waals surface area contributed by atoms with Crippen molar-refractivity contribution in [1.82, 2.24) is 10.6 Å². The predicted molar refractivity (Wildman–Crippen MR) is 59.7 cm³/mol. The molecule has 0 aromatic rings. The zero-order valence-electron chi connectivity index (χ0n) is 9.72. The van der Waals surface area contributed by atoms with Gasteiger partial charge in [0.1, 0.15) is 12.6 Å². The van der Waals surface area contributed by atoms with E-state index in [1.54, 1.807) is 0 Å². The van der Waals surface area contributed by atoms with Crippen LogP contribution in [0.4, 0.5) is 4.79 Å². The van der Waals surface area contributed by atoms with E-state index in [2.05, 4.69) is 10.6 Å². The SMILES string of the molecule is NC(=O)COCCNC(=O)N[C@H](CCO)C(=O)O. The Bertz CT molecular complexity index is 296. The molecule has 0 saturated carbocycles. The average molecular weight is 263 g/mol. The quantitative estimate of drug-likeness (QED) is 0.293. The van der Waals surface area contributed by atoms with Crippen LogP contribution < -0.4 is 16.4 Å². The smallest absolute Gasteiger partial charge is 0.326 e. The number of carbonyl (C=O) groups is 3. The number of amides is 3. The lowest BCUT2D eigenvalue weighted by Gasteiger charge is -2.13. The average Bonchev–Trinajstić information content (AvgIpc) is 2.27. The van der Waals surface area contributed by atoms with E-state index in [4.69, 9.17) is 20.7 Å². The molecule has 0 rings (SSSR count). The molecule has 0 aromatic carbocycles. The first-order valence-electron chi connectivity index (χ1n) is 5.21. The maximum Gasteiger partial charge on any atom is 0.326 e. The molecule has 1 atom stereocenters. The van der Waals surface area contributed by atoms with E-state index in [1.165, 1.54) is 0 Å². The molecule has 0 aliphatic rings. The van der Waals surface area contributed by atoms with Crippen LogP contribution >= 0.6 is 0 Å². The molecule has 3 amide bonds. The fraction of sp³-hybridized carbons (Fsp3) is 0.667. The van der Waals surface area contributed by atoms with Crippen molar-refractivity contribution in [3.63, 3.8) is 0 Å². The van der Waals surface area contributed by atoms with Gasteiger partial charge in [-0.1, -0.05) is 0 Å². The Morgan fingerprint density at radius 1 is 1.33 bits per heavy atom. The third-order valence-electron chi connectivity index (χ3n) is 1.80. The topological polar surface area (TPSA) is 151 Å². The summed E-state index contributed by atoms with van der Waals surface area (Å²) in [4.78, 5) is 32.2. The van der Waals surface area contributed by atoms with Gasteiger partial charge in [-0.05, 0) is 0 Å². The molecule has 0 bridgehead atoms. The second-order valence-electron chi connectivity index (χ2n) is 3.32. The summed E-state index contributed by atoms with van der Waals surface area (Å²) >= 11 is 0. The Balaban J connectivity index is 3.74. The van der Waals surface area contributed by atoms with Crippen molar-refractivity contribution < 1.29 is 29.3 Å². The minimum absolute atomic E-state index is 0.0775. The number of nitrogens with one attached hydrogen (secondary N) is 2. The third kappa shape index (κ3) is 8.30. The van der Waals surface area contributed by atoms with E-state index in [0.29, 0.717) is 0 Å². The number of hydrogen-bond acceptors (Lipinski definition) is 5. The normalized spacial score (nSPS) is 11.6. The number of urea groups is 1. The van der Waals surface area contributed by atoms with E-state index < -0.39 is 23.9 Å². The van der Waals surface area contributed by atoms with Crippen LogP contribution in [0.2, 0.25) is 0 Å². The van der Waals surface area contributed by atoms with Gasteiger partial charge in [-0.25, -0.2) is 9.59 Å². The number of rotatable bonds is 9. The summed E-state index contributed by atoms with van der Waals surface area (Å²) in [6.45, 7) is -0.413. The lowest BCUT2D eigenvalue weighted by molar-refractivity contribution is -0.139. The summed E-state index contributed by atoms with van der Waals surface area (Å²) in [6, 6.07) is -1.85. The number of ether oxygens (including phenoxy) is 1. The van der Waals surface area contributed by atoms with Gasteiger partial charge in [-0.3, -0.25) is 4.79 Å². The summed E-state index contributed by atoms with van der Waals surface area (Å²) in [7, 11) is 0. The third-order valence-corrected chi connectivity index (χ3v) is 1.80. The number of aliphatic carboxylic acids is 1. The molecule has 9 nitrogen and oxygen atoms in total. The Hall–Kier alpha value is -1.87. The van der Waals surface area contributed by atoms with Crippen molar-refractivity contribution in [2.45, 2.75) is 12.5 Å². The molecule has 0 spiro atoms. The van der Waals surface area contributed by atoms with E-state index in [1.807, 2.05) is 0 Å². The number of aliphatic hydroxyl groups excluding tert-OH is 1. The number of primary amides is 1. The number of carboxylic acid groups (broad SMARTS) is 1. The number of carbonyl (C=O) groups excluding carboxylic acids is 2. The fourth-order valence-corrected chi connectivity index (χ4v) is 1.01. The van der Waals surface area contributed by atoms with E-state index >= 15 is 0 Å². The molecule has 0 heterocycles. The Labute approximate surface area is 103 Å². The first kappa shape index (κ1) is 16.1. The van der Waals surface area contributed by atoms with Crippen molar-refractivity contribution in [2.24, 2.45) is 5.73 Å². The highest BCUT2D eigenvalue weighted by Crippen LogP contribution is 1.90. The Morgan fingerprint density at radius 2 is 2.00 bits per heavy atom. The van der Waals surface area contributed by atoms with Crippen molar-refractivity contribution >= 4 is 17.9 Å². The molecule has 0 radical (unpaired) electrons. The predicted octanol–water partition coefficient (Wildman–Crippen LogP) is -2.38. The molecular weight excluding hydrogens is 246 g/mol. The maximum absolute atomic E-state index is 11.2. The molecule has 18 heavy (non-hydrogen) atoms. The Kier molecular flexibility index (Phi) is 8.24. The van der Waals surface area contributed by atoms with Crippen LogP contribution in [-0.2, 0) is 14.3 Å². The molecule has 104 valence electrons. The van der Waals surface area contributed by atoms with Gasteiger partial charge in [-0.15, -0.1) is 0 Å². The highest BCUT2D eigenvalue weighted by atomic mass is 16.5. The van der Waals surface area contributed by atoms with Gasteiger partial charge in [0, 0.05) is 19.6 Å². The van der Waals surface area contributed by atoms with Crippen molar-refractivity contribution in [2.75, 3.05) is 26.4 Å². The van der Waals surface area contributed by atoms with Crippen LogP contribution in [0.15, 0.2) is 0 Å². The fourth-order valence-electron chi connectivity index (χ4n) is 1.01. The van der Waals surface area contributed by atoms with Crippen molar-refractivity contribution in [3.05, 3.63) is 0 Å². The van der Waals surface area contributed by atoms with Crippen LogP contribution in [0.3, 0.4) is 0 Å². The molecule has 0 fully saturated rings. The highest BCUT2D eigenvalue weighted by Gasteiger charge is 2.18.